The number of carbonyl (C=O) groups excluding carboxylic acids is 1. The second-order valence-corrected chi connectivity index (χ2v) is 6.93. The lowest BCUT2D eigenvalue weighted by Gasteiger charge is -2.19. The summed E-state index contributed by atoms with van der Waals surface area (Å²) >= 11 is 6.51. The van der Waals surface area contributed by atoms with Crippen molar-refractivity contribution in [3.05, 3.63) is 70.9 Å². The number of ether oxygens (including phenoxy) is 1. The molecule has 0 fully saturated rings. The zero-order valence-corrected chi connectivity index (χ0v) is 17.5. The second-order valence-electron chi connectivity index (χ2n) is 6.52. The lowest BCUT2D eigenvalue weighted by atomic mass is 10.1. The van der Waals surface area contributed by atoms with E-state index in [9.17, 15) is 4.79 Å². The molecule has 0 spiro atoms. The van der Waals surface area contributed by atoms with Crippen LogP contribution in [-0.4, -0.2) is 35.6 Å². The Balaban J connectivity index is 2.23. The van der Waals surface area contributed by atoms with Gasteiger partial charge in [0, 0.05) is 18.8 Å². The number of methoxy groups -OCH3 is 1. The van der Waals surface area contributed by atoms with E-state index >= 15 is 0 Å². The summed E-state index contributed by atoms with van der Waals surface area (Å²) in [7, 11) is 1.65. The van der Waals surface area contributed by atoms with Crippen LogP contribution in [0.4, 0.5) is 0 Å². The Labute approximate surface area is 171 Å². The average molecular weight is 397 g/mol. The molecule has 0 saturated carbocycles. The molecule has 0 aliphatic heterocycles. The van der Waals surface area contributed by atoms with Gasteiger partial charge >= 0.3 is 0 Å². The van der Waals surface area contributed by atoms with Gasteiger partial charge in [-0.25, -0.2) is 0 Å². The number of carbonyl (C=O) groups is 1. The molecule has 3 aromatic rings. The number of halogens is 1. The van der Waals surface area contributed by atoms with Crippen molar-refractivity contribution >= 4 is 17.5 Å². The van der Waals surface area contributed by atoms with Crippen LogP contribution in [0.2, 0.25) is 5.02 Å². The molecule has 28 heavy (non-hydrogen) atoms. The number of hydrogen-bond acceptors (Lipinski definition) is 2. The summed E-state index contributed by atoms with van der Waals surface area (Å²) in [6.45, 7) is 7.29. The van der Waals surface area contributed by atoms with E-state index in [0.29, 0.717) is 23.7 Å². The lowest BCUT2D eigenvalue weighted by Crippen LogP contribution is -2.30. The van der Waals surface area contributed by atoms with Crippen molar-refractivity contribution in [1.29, 1.82) is 0 Å². The first-order valence-corrected chi connectivity index (χ1v) is 9.80. The van der Waals surface area contributed by atoms with Crippen molar-refractivity contribution in [3.8, 4) is 22.7 Å². The third kappa shape index (κ3) is 3.65. The van der Waals surface area contributed by atoms with Gasteiger partial charge in [-0.05, 0) is 68.8 Å². The van der Waals surface area contributed by atoms with Gasteiger partial charge in [-0.1, -0.05) is 23.7 Å². The van der Waals surface area contributed by atoms with E-state index in [0.717, 1.165) is 28.4 Å². The quantitative estimate of drug-likeness (QED) is 0.543. The minimum Gasteiger partial charge on any atom is -0.497 e. The van der Waals surface area contributed by atoms with Crippen molar-refractivity contribution in [1.82, 2.24) is 9.47 Å². The fourth-order valence-electron chi connectivity index (χ4n) is 3.42. The lowest BCUT2D eigenvalue weighted by molar-refractivity contribution is 0.0772. The number of amides is 1. The zero-order valence-electron chi connectivity index (χ0n) is 16.7. The Bertz CT molecular complexity index is 973. The van der Waals surface area contributed by atoms with Gasteiger partial charge in [0.05, 0.1) is 29.1 Å². The van der Waals surface area contributed by atoms with Crippen LogP contribution >= 0.6 is 11.6 Å². The maximum Gasteiger partial charge on any atom is 0.255 e. The predicted octanol–water partition coefficient (Wildman–Crippen LogP) is 5.60. The molecule has 0 bridgehead atoms. The molecule has 1 aromatic heterocycles. The Morgan fingerprint density at radius 3 is 2.29 bits per heavy atom. The number of hydrogen-bond donors (Lipinski definition) is 0. The van der Waals surface area contributed by atoms with Crippen LogP contribution < -0.4 is 4.74 Å². The Kier molecular flexibility index (Phi) is 6.10. The fraction of sp³-hybridized carbons (Fsp3) is 0.261. The van der Waals surface area contributed by atoms with Crippen LogP contribution in [0.1, 0.15) is 29.9 Å². The summed E-state index contributed by atoms with van der Waals surface area (Å²) in [6, 6.07) is 17.5. The van der Waals surface area contributed by atoms with E-state index < -0.39 is 0 Å². The highest BCUT2D eigenvalue weighted by atomic mass is 35.5. The predicted molar refractivity (Wildman–Crippen MR) is 115 cm³/mol. The molecular formula is C23H25ClN2O2. The van der Waals surface area contributed by atoms with Crippen LogP contribution in [0.5, 0.6) is 5.75 Å². The highest BCUT2D eigenvalue weighted by molar-refractivity contribution is 6.32. The fourth-order valence-corrected chi connectivity index (χ4v) is 3.64. The summed E-state index contributed by atoms with van der Waals surface area (Å²) < 4.78 is 7.33. The van der Waals surface area contributed by atoms with Crippen molar-refractivity contribution in [2.45, 2.75) is 20.8 Å². The molecule has 0 aliphatic carbocycles. The van der Waals surface area contributed by atoms with E-state index in [-0.39, 0.29) is 5.91 Å². The van der Waals surface area contributed by atoms with Crippen LogP contribution in [0.15, 0.2) is 54.6 Å². The van der Waals surface area contributed by atoms with Gasteiger partial charge in [0.1, 0.15) is 5.75 Å². The Morgan fingerprint density at radius 2 is 1.71 bits per heavy atom. The van der Waals surface area contributed by atoms with Gasteiger partial charge in [0.25, 0.3) is 5.91 Å². The van der Waals surface area contributed by atoms with Crippen LogP contribution in [0, 0.1) is 6.92 Å². The van der Waals surface area contributed by atoms with Crippen LogP contribution in [-0.2, 0) is 0 Å². The molecule has 1 heterocycles. The molecule has 4 nitrogen and oxygen atoms in total. The maximum absolute atomic E-state index is 13.1. The minimum absolute atomic E-state index is 0.0306. The first-order valence-electron chi connectivity index (χ1n) is 9.42. The van der Waals surface area contributed by atoms with Crippen molar-refractivity contribution in [3.63, 3.8) is 0 Å². The standard InChI is InChI=1S/C23H25ClN2O2/c1-5-25(6-2)23(27)19-15-22(17-11-13-18(28-4)14-12-17)26(16(19)3)21-10-8-7-9-20(21)24/h7-15H,5-6H2,1-4H3. The molecule has 0 unspecified atom stereocenters. The number of para-hydroxylation sites is 1. The molecule has 3 rings (SSSR count). The zero-order chi connectivity index (χ0) is 20.3. The van der Waals surface area contributed by atoms with Gasteiger partial charge in [-0.3, -0.25) is 4.79 Å². The Morgan fingerprint density at radius 1 is 1.07 bits per heavy atom. The van der Waals surface area contributed by atoms with Crippen LogP contribution in [0.3, 0.4) is 0 Å². The molecule has 2 aromatic carbocycles. The minimum atomic E-state index is 0.0306. The average Bonchev–Trinajstić information content (AvgIpc) is 3.06. The molecule has 0 radical (unpaired) electrons. The van der Waals surface area contributed by atoms with E-state index in [1.165, 1.54) is 0 Å². The van der Waals surface area contributed by atoms with E-state index in [1.807, 2.05) is 80.3 Å². The molecule has 146 valence electrons. The smallest absolute Gasteiger partial charge is 0.255 e. The van der Waals surface area contributed by atoms with Gasteiger partial charge in [0.15, 0.2) is 0 Å². The highest BCUT2D eigenvalue weighted by Crippen LogP contribution is 2.33. The third-order valence-electron chi connectivity index (χ3n) is 5.01. The molecule has 0 N–H and O–H groups in total. The van der Waals surface area contributed by atoms with Crippen molar-refractivity contribution < 1.29 is 9.53 Å². The first kappa shape index (κ1) is 20.0. The topological polar surface area (TPSA) is 34.5 Å². The summed E-state index contributed by atoms with van der Waals surface area (Å²) in [5.74, 6) is 0.818. The summed E-state index contributed by atoms with van der Waals surface area (Å²) in [6.07, 6.45) is 0. The maximum atomic E-state index is 13.1. The molecular weight excluding hydrogens is 372 g/mol. The molecule has 0 saturated heterocycles. The summed E-state index contributed by atoms with van der Waals surface area (Å²) in [5, 5.41) is 0.637. The van der Waals surface area contributed by atoms with E-state index in [2.05, 4.69) is 4.57 Å². The third-order valence-corrected chi connectivity index (χ3v) is 5.33. The number of benzene rings is 2. The van der Waals surface area contributed by atoms with Gasteiger partial charge in [-0.2, -0.15) is 0 Å². The normalized spacial score (nSPS) is 10.8. The van der Waals surface area contributed by atoms with Crippen LogP contribution in [0.25, 0.3) is 16.9 Å². The number of aromatic nitrogens is 1. The summed E-state index contributed by atoms with van der Waals surface area (Å²) in [4.78, 5) is 14.9. The largest absolute Gasteiger partial charge is 0.497 e. The molecule has 5 heteroatoms. The molecule has 0 atom stereocenters. The second kappa shape index (κ2) is 8.53. The van der Waals surface area contributed by atoms with Crippen molar-refractivity contribution in [2.75, 3.05) is 20.2 Å². The monoisotopic (exact) mass is 396 g/mol. The summed E-state index contributed by atoms with van der Waals surface area (Å²) in [5.41, 5.74) is 4.32. The Hall–Kier alpha value is -2.72. The number of nitrogens with zero attached hydrogens (tertiary/aromatic N) is 2. The van der Waals surface area contributed by atoms with Gasteiger partial charge < -0.3 is 14.2 Å². The van der Waals surface area contributed by atoms with Gasteiger partial charge in [0.2, 0.25) is 0 Å². The SMILES string of the molecule is CCN(CC)C(=O)c1cc(-c2ccc(OC)cc2)n(-c2ccccc2Cl)c1C. The first-order chi connectivity index (χ1) is 13.5. The molecule has 1 amide bonds. The number of rotatable bonds is 6. The van der Waals surface area contributed by atoms with Crippen molar-refractivity contribution in [2.24, 2.45) is 0 Å². The van der Waals surface area contributed by atoms with E-state index in [1.54, 1.807) is 7.11 Å². The molecule has 0 aliphatic rings. The van der Waals surface area contributed by atoms with E-state index in [4.69, 9.17) is 16.3 Å². The van der Waals surface area contributed by atoms with Gasteiger partial charge in [-0.15, -0.1) is 0 Å². The highest BCUT2D eigenvalue weighted by Gasteiger charge is 2.23.